The van der Waals surface area contributed by atoms with Gasteiger partial charge in [-0.25, -0.2) is 0 Å². The van der Waals surface area contributed by atoms with E-state index in [1.54, 1.807) is 0 Å². The van der Waals surface area contributed by atoms with Gasteiger partial charge in [0.25, 0.3) is 0 Å². The van der Waals surface area contributed by atoms with Crippen molar-refractivity contribution in [1.29, 1.82) is 0 Å². The zero-order valence-corrected chi connectivity index (χ0v) is 15.2. The Balaban J connectivity index is 1.85. The van der Waals surface area contributed by atoms with Crippen LogP contribution in [0.1, 0.15) is 44.9 Å². The minimum atomic E-state index is -0.496. The van der Waals surface area contributed by atoms with E-state index in [1.165, 1.54) is 11.1 Å². The Kier molecular flexibility index (Phi) is 6.41. The summed E-state index contributed by atoms with van der Waals surface area (Å²) in [5, 5.41) is 12.4. The fourth-order valence-corrected chi connectivity index (χ4v) is 2.72. The lowest BCUT2D eigenvalue weighted by molar-refractivity contribution is -0.698. The van der Waals surface area contributed by atoms with Crippen LogP contribution in [0.3, 0.4) is 0 Å². The summed E-state index contributed by atoms with van der Waals surface area (Å²) in [7, 11) is 0. The van der Waals surface area contributed by atoms with Gasteiger partial charge in [0.2, 0.25) is 0 Å². The molecule has 0 aliphatic carbocycles. The molecule has 0 radical (unpaired) electrons. The van der Waals surface area contributed by atoms with E-state index >= 15 is 0 Å². The average molecular weight is 328 g/mol. The van der Waals surface area contributed by atoms with Crippen LogP contribution in [0.5, 0.6) is 5.75 Å². The highest BCUT2D eigenvalue weighted by molar-refractivity contribution is 5.38. The highest BCUT2D eigenvalue weighted by atomic mass is 16.5. The molecule has 2 aromatic carbocycles. The maximum Gasteiger partial charge on any atom is 0.137 e. The smallest absolute Gasteiger partial charge is 0.137 e. The molecule has 2 aromatic rings. The number of rotatable bonds is 7. The van der Waals surface area contributed by atoms with Crippen molar-refractivity contribution in [2.45, 2.75) is 45.3 Å². The molecular weight excluding hydrogens is 298 g/mol. The number of aliphatic hydroxyl groups is 1. The number of nitrogens with two attached hydrogens (primary N) is 1. The third kappa shape index (κ3) is 5.36. The average Bonchev–Trinajstić information content (AvgIpc) is 2.58. The highest BCUT2D eigenvalue weighted by Gasteiger charge is 2.19. The number of benzene rings is 2. The van der Waals surface area contributed by atoms with Gasteiger partial charge in [-0.3, -0.25) is 0 Å². The minimum absolute atomic E-state index is 0.0233. The first-order chi connectivity index (χ1) is 11.4. The van der Waals surface area contributed by atoms with Gasteiger partial charge in [0.1, 0.15) is 31.0 Å². The van der Waals surface area contributed by atoms with Gasteiger partial charge in [-0.1, -0.05) is 69.3 Å². The number of ether oxygens (including phenoxy) is 1. The van der Waals surface area contributed by atoms with Gasteiger partial charge >= 0.3 is 0 Å². The van der Waals surface area contributed by atoms with Crippen LogP contribution in [0.15, 0.2) is 54.6 Å². The van der Waals surface area contributed by atoms with Crippen LogP contribution in [-0.4, -0.2) is 24.4 Å². The standard InChI is InChI=1S/C21H29NO2/c1-16(17-10-6-5-7-11-17)22-14-18(23)15-24-20-13-9-8-12-19(20)21(2,3)4/h5-13,16,18,22-23H,14-15H2,1-4H3/p+1/t16-,18-/m0/s1. The Bertz CT molecular complexity index is 619. The van der Waals surface area contributed by atoms with E-state index in [0.717, 1.165) is 5.75 Å². The summed E-state index contributed by atoms with van der Waals surface area (Å²) in [6, 6.07) is 18.7. The molecule has 3 heteroatoms. The topological polar surface area (TPSA) is 46.1 Å². The third-order valence-corrected chi connectivity index (χ3v) is 4.21. The maximum atomic E-state index is 10.2. The minimum Gasteiger partial charge on any atom is -0.490 e. The van der Waals surface area contributed by atoms with Crippen molar-refractivity contribution in [3.05, 3.63) is 65.7 Å². The van der Waals surface area contributed by atoms with Crippen molar-refractivity contribution in [2.75, 3.05) is 13.2 Å². The van der Waals surface area contributed by atoms with Crippen molar-refractivity contribution in [3.8, 4) is 5.75 Å². The molecular formula is C21H30NO2+. The molecule has 2 atom stereocenters. The Morgan fingerprint density at radius 3 is 2.29 bits per heavy atom. The number of quaternary nitrogens is 1. The van der Waals surface area contributed by atoms with Crippen LogP contribution in [0.25, 0.3) is 0 Å². The third-order valence-electron chi connectivity index (χ3n) is 4.21. The molecule has 24 heavy (non-hydrogen) atoms. The first-order valence-electron chi connectivity index (χ1n) is 8.66. The second-order valence-corrected chi connectivity index (χ2v) is 7.38. The van der Waals surface area contributed by atoms with Gasteiger partial charge in [-0.15, -0.1) is 0 Å². The molecule has 0 aliphatic rings. The van der Waals surface area contributed by atoms with E-state index in [9.17, 15) is 5.11 Å². The molecule has 3 nitrogen and oxygen atoms in total. The van der Waals surface area contributed by atoms with E-state index in [2.05, 4.69) is 51.2 Å². The fraction of sp³-hybridized carbons (Fsp3) is 0.429. The summed E-state index contributed by atoms with van der Waals surface area (Å²) in [4.78, 5) is 0. The van der Waals surface area contributed by atoms with E-state index < -0.39 is 6.10 Å². The molecule has 0 aromatic heterocycles. The molecule has 2 rings (SSSR count). The molecule has 0 spiro atoms. The maximum absolute atomic E-state index is 10.2. The van der Waals surface area contributed by atoms with E-state index in [1.807, 2.05) is 36.4 Å². The van der Waals surface area contributed by atoms with E-state index in [-0.39, 0.29) is 5.41 Å². The van der Waals surface area contributed by atoms with Gasteiger partial charge in [-0.2, -0.15) is 0 Å². The lowest BCUT2D eigenvalue weighted by Gasteiger charge is -2.23. The first-order valence-corrected chi connectivity index (χ1v) is 8.66. The van der Waals surface area contributed by atoms with Crippen molar-refractivity contribution in [2.24, 2.45) is 0 Å². The van der Waals surface area contributed by atoms with Gasteiger partial charge < -0.3 is 15.2 Å². The molecule has 0 fully saturated rings. The van der Waals surface area contributed by atoms with Gasteiger partial charge in [0, 0.05) is 5.56 Å². The lowest BCUT2D eigenvalue weighted by atomic mass is 9.86. The number of hydrogen-bond acceptors (Lipinski definition) is 2. The summed E-state index contributed by atoms with van der Waals surface area (Å²) in [6.45, 7) is 9.58. The summed E-state index contributed by atoms with van der Waals surface area (Å²) in [5.74, 6) is 0.861. The second-order valence-electron chi connectivity index (χ2n) is 7.38. The molecule has 0 saturated carbocycles. The molecule has 130 valence electrons. The van der Waals surface area contributed by atoms with E-state index in [0.29, 0.717) is 19.2 Å². The van der Waals surface area contributed by atoms with Crippen molar-refractivity contribution >= 4 is 0 Å². The van der Waals surface area contributed by atoms with Gasteiger partial charge in [-0.05, 0) is 24.0 Å². The van der Waals surface area contributed by atoms with Crippen LogP contribution in [0.4, 0.5) is 0 Å². The predicted molar refractivity (Wildman–Crippen MR) is 98.3 cm³/mol. The number of aliphatic hydroxyl groups excluding tert-OH is 1. The molecule has 0 heterocycles. The van der Waals surface area contributed by atoms with Crippen LogP contribution in [-0.2, 0) is 5.41 Å². The van der Waals surface area contributed by atoms with Crippen molar-refractivity contribution in [1.82, 2.24) is 0 Å². The zero-order chi connectivity index (χ0) is 17.6. The van der Waals surface area contributed by atoms with Gasteiger partial charge in [0.15, 0.2) is 0 Å². The molecule has 0 unspecified atom stereocenters. The highest BCUT2D eigenvalue weighted by Crippen LogP contribution is 2.30. The Labute approximate surface area is 145 Å². The molecule has 0 amide bonds. The van der Waals surface area contributed by atoms with Crippen LogP contribution >= 0.6 is 0 Å². The normalized spacial score (nSPS) is 14.2. The quantitative estimate of drug-likeness (QED) is 0.820. The second kappa shape index (κ2) is 8.32. The summed E-state index contributed by atoms with van der Waals surface area (Å²) in [5.41, 5.74) is 2.46. The fourth-order valence-electron chi connectivity index (χ4n) is 2.72. The molecule has 0 bridgehead atoms. The SMILES string of the molecule is C[C@H]([NH2+]C[C@H](O)COc1ccccc1C(C)(C)C)c1ccccc1. The zero-order valence-electron chi connectivity index (χ0n) is 15.2. The van der Waals surface area contributed by atoms with E-state index in [4.69, 9.17) is 4.74 Å². The van der Waals surface area contributed by atoms with Crippen molar-refractivity contribution < 1.29 is 15.2 Å². The van der Waals surface area contributed by atoms with Crippen LogP contribution < -0.4 is 10.1 Å². The molecule has 3 N–H and O–H groups in total. The van der Waals surface area contributed by atoms with Crippen molar-refractivity contribution in [3.63, 3.8) is 0 Å². The largest absolute Gasteiger partial charge is 0.490 e. The number of para-hydroxylation sites is 1. The molecule has 0 aliphatic heterocycles. The van der Waals surface area contributed by atoms with Crippen LogP contribution in [0.2, 0.25) is 0 Å². The van der Waals surface area contributed by atoms with Gasteiger partial charge in [0.05, 0.1) is 0 Å². The monoisotopic (exact) mass is 328 g/mol. The lowest BCUT2D eigenvalue weighted by Crippen LogP contribution is -2.87. The summed E-state index contributed by atoms with van der Waals surface area (Å²) in [6.07, 6.45) is -0.496. The first kappa shape index (κ1) is 18.5. The summed E-state index contributed by atoms with van der Waals surface area (Å²) >= 11 is 0. The molecule has 0 saturated heterocycles. The Morgan fingerprint density at radius 2 is 1.62 bits per heavy atom. The number of hydrogen-bond donors (Lipinski definition) is 2. The predicted octanol–water partition coefficient (Wildman–Crippen LogP) is 3.05. The summed E-state index contributed by atoms with van der Waals surface area (Å²) < 4.78 is 5.89. The Hall–Kier alpha value is -1.84. The Morgan fingerprint density at radius 1 is 1.00 bits per heavy atom. The van der Waals surface area contributed by atoms with Crippen LogP contribution in [0, 0.1) is 0 Å².